The van der Waals surface area contributed by atoms with Gasteiger partial charge in [-0.1, -0.05) is 41.7 Å². The minimum Gasteiger partial charge on any atom is -0.318 e. The van der Waals surface area contributed by atoms with Crippen LogP contribution >= 0.6 is 23.1 Å². The lowest BCUT2D eigenvalue weighted by Crippen LogP contribution is -2.12. The molecule has 0 spiro atoms. The van der Waals surface area contributed by atoms with Gasteiger partial charge in [0, 0.05) is 0 Å². The molecule has 1 aromatic carbocycles. The van der Waals surface area contributed by atoms with Gasteiger partial charge in [0.25, 0.3) is 0 Å². The Balaban J connectivity index is 1.85. The van der Waals surface area contributed by atoms with Crippen LogP contribution in [0.3, 0.4) is 0 Å². The van der Waals surface area contributed by atoms with Gasteiger partial charge in [0.1, 0.15) is 10.0 Å². The minimum absolute atomic E-state index is 0.145. The molecule has 0 amide bonds. The van der Waals surface area contributed by atoms with E-state index in [1.165, 1.54) is 18.6 Å². The minimum atomic E-state index is -0.164. The third-order valence-electron chi connectivity index (χ3n) is 3.54. The third kappa shape index (κ3) is 2.55. The molecule has 100 valence electrons. The number of hydrogen-bond donors (Lipinski definition) is 1. The second-order valence-electron chi connectivity index (χ2n) is 5.02. The Kier molecular flexibility index (Phi) is 3.60. The van der Waals surface area contributed by atoms with Gasteiger partial charge in [0.2, 0.25) is 0 Å². The summed E-state index contributed by atoms with van der Waals surface area (Å²) in [6.45, 7) is 2.27. The van der Waals surface area contributed by atoms with Crippen LogP contribution in [0.15, 0.2) is 30.3 Å². The van der Waals surface area contributed by atoms with Crippen molar-refractivity contribution >= 4 is 23.1 Å². The van der Waals surface area contributed by atoms with Gasteiger partial charge in [0.15, 0.2) is 0 Å². The first-order valence-electron chi connectivity index (χ1n) is 6.47. The largest absolute Gasteiger partial charge is 0.318 e. The molecule has 0 aliphatic carbocycles. The highest BCUT2D eigenvalue weighted by atomic mass is 32.2. The summed E-state index contributed by atoms with van der Waals surface area (Å²) < 4.78 is 0.145. The molecule has 2 atom stereocenters. The van der Waals surface area contributed by atoms with E-state index in [-0.39, 0.29) is 10.8 Å². The summed E-state index contributed by atoms with van der Waals surface area (Å²) in [7, 11) is 0. The first-order chi connectivity index (χ1) is 9.19. The lowest BCUT2D eigenvalue weighted by Gasteiger charge is -2.18. The SMILES string of the molecule is CC1(c2nnc(C(N)c3ccccc3)s2)CCCS1. The Morgan fingerprint density at radius 2 is 2.05 bits per heavy atom. The van der Waals surface area contributed by atoms with Crippen molar-refractivity contribution in [3.8, 4) is 0 Å². The summed E-state index contributed by atoms with van der Waals surface area (Å²) in [6, 6.07) is 9.92. The molecule has 1 saturated heterocycles. The molecule has 0 saturated carbocycles. The fourth-order valence-electron chi connectivity index (χ4n) is 2.32. The first-order valence-corrected chi connectivity index (χ1v) is 8.28. The van der Waals surface area contributed by atoms with E-state index in [9.17, 15) is 0 Å². The number of thioether (sulfide) groups is 1. The van der Waals surface area contributed by atoms with Crippen molar-refractivity contribution in [2.75, 3.05) is 5.75 Å². The maximum absolute atomic E-state index is 6.27. The van der Waals surface area contributed by atoms with Crippen LogP contribution in [0.1, 0.15) is 41.4 Å². The van der Waals surface area contributed by atoms with E-state index in [1.54, 1.807) is 11.3 Å². The quantitative estimate of drug-likeness (QED) is 0.942. The number of aromatic nitrogens is 2. The van der Waals surface area contributed by atoms with Gasteiger partial charge >= 0.3 is 0 Å². The normalized spacial score (nSPS) is 24.5. The summed E-state index contributed by atoms with van der Waals surface area (Å²) in [5.74, 6) is 1.22. The molecule has 0 bridgehead atoms. The molecule has 1 aromatic heterocycles. The molecule has 1 fully saturated rings. The topological polar surface area (TPSA) is 51.8 Å². The maximum Gasteiger partial charge on any atom is 0.138 e. The van der Waals surface area contributed by atoms with Gasteiger partial charge in [-0.05, 0) is 31.1 Å². The average Bonchev–Trinajstić information content (AvgIpc) is 3.08. The average molecular weight is 291 g/mol. The molecule has 5 heteroatoms. The van der Waals surface area contributed by atoms with Gasteiger partial charge in [-0.2, -0.15) is 0 Å². The van der Waals surface area contributed by atoms with Crippen molar-refractivity contribution in [2.24, 2.45) is 5.73 Å². The highest BCUT2D eigenvalue weighted by Gasteiger charge is 2.35. The number of benzene rings is 1. The van der Waals surface area contributed by atoms with E-state index < -0.39 is 0 Å². The van der Waals surface area contributed by atoms with Gasteiger partial charge in [-0.25, -0.2) is 0 Å². The van der Waals surface area contributed by atoms with Crippen molar-refractivity contribution in [3.63, 3.8) is 0 Å². The fourth-order valence-corrected chi connectivity index (χ4v) is 4.76. The van der Waals surface area contributed by atoms with E-state index in [4.69, 9.17) is 5.73 Å². The summed E-state index contributed by atoms with van der Waals surface area (Å²) in [5, 5.41) is 10.7. The lowest BCUT2D eigenvalue weighted by molar-refractivity contribution is 0.633. The van der Waals surface area contributed by atoms with Gasteiger partial charge in [-0.3, -0.25) is 0 Å². The summed E-state index contributed by atoms with van der Waals surface area (Å²) in [6.07, 6.45) is 2.45. The van der Waals surface area contributed by atoms with E-state index in [0.29, 0.717) is 0 Å². The van der Waals surface area contributed by atoms with Crippen molar-refractivity contribution < 1.29 is 0 Å². The molecular weight excluding hydrogens is 274 g/mol. The maximum atomic E-state index is 6.27. The number of nitrogens with two attached hydrogens (primary N) is 1. The lowest BCUT2D eigenvalue weighted by atomic mass is 10.1. The smallest absolute Gasteiger partial charge is 0.138 e. The van der Waals surface area contributed by atoms with E-state index in [2.05, 4.69) is 17.1 Å². The molecule has 2 unspecified atom stereocenters. The molecule has 2 N–H and O–H groups in total. The van der Waals surface area contributed by atoms with Gasteiger partial charge in [0.05, 0.1) is 10.8 Å². The molecule has 3 nitrogen and oxygen atoms in total. The van der Waals surface area contributed by atoms with Gasteiger partial charge in [-0.15, -0.1) is 22.0 Å². The van der Waals surface area contributed by atoms with Gasteiger partial charge < -0.3 is 5.73 Å². The van der Waals surface area contributed by atoms with Crippen LogP contribution in [-0.4, -0.2) is 16.0 Å². The molecule has 0 radical (unpaired) electrons. The second kappa shape index (κ2) is 5.23. The summed E-state index contributed by atoms with van der Waals surface area (Å²) in [5.41, 5.74) is 7.36. The predicted octanol–water partition coefficient (Wildman–Crippen LogP) is 3.33. The van der Waals surface area contributed by atoms with Crippen LogP contribution in [0, 0.1) is 0 Å². The van der Waals surface area contributed by atoms with E-state index in [1.807, 2.05) is 42.1 Å². The highest BCUT2D eigenvalue weighted by Crippen LogP contribution is 2.47. The predicted molar refractivity (Wildman–Crippen MR) is 81.4 cm³/mol. The molecule has 1 aliphatic rings. The molecule has 2 heterocycles. The van der Waals surface area contributed by atoms with Crippen molar-refractivity contribution in [3.05, 3.63) is 45.9 Å². The second-order valence-corrected chi connectivity index (χ2v) is 7.62. The Morgan fingerprint density at radius 1 is 1.26 bits per heavy atom. The monoisotopic (exact) mass is 291 g/mol. The van der Waals surface area contributed by atoms with E-state index in [0.717, 1.165) is 15.6 Å². The van der Waals surface area contributed by atoms with Crippen LogP contribution in [0.4, 0.5) is 0 Å². The summed E-state index contributed by atoms with van der Waals surface area (Å²) in [4.78, 5) is 0. The molecule has 19 heavy (non-hydrogen) atoms. The van der Waals surface area contributed by atoms with Crippen molar-refractivity contribution in [1.82, 2.24) is 10.2 Å². The molecular formula is C14H17N3S2. The summed E-state index contributed by atoms with van der Waals surface area (Å²) >= 11 is 3.65. The Bertz CT molecular complexity index is 547. The van der Waals surface area contributed by atoms with Crippen molar-refractivity contribution in [2.45, 2.75) is 30.6 Å². The Morgan fingerprint density at radius 3 is 2.74 bits per heavy atom. The first kappa shape index (κ1) is 13.1. The van der Waals surface area contributed by atoms with Crippen LogP contribution in [0.25, 0.3) is 0 Å². The van der Waals surface area contributed by atoms with Crippen LogP contribution < -0.4 is 5.73 Å². The highest BCUT2D eigenvalue weighted by molar-refractivity contribution is 8.00. The zero-order valence-corrected chi connectivity index (χ0v) is 12.5. The molecule has 1 aliphatic heterocycles. The molecule has 3 rings (SSSR count). The standard InChI is InChI=1S/C14H17N3S2/c1-14(8-5-9-18-14)13-17-16-12(19-13)11(15)10-6-3-2-4-7-10/h2-4,6-7,11H,5,8-9,15H2,1H3. The Hall–Kier alpha value is -0.910. The zero-order chi connectivity index (χ0) is 13.3. The van der Waals surface area contributed by atoms with Crippen LogP contribution in [0.2, 0.25) is 0 Å². The van der Waals surface area contributed by atoms with Crippen LogP contribution in [-0.2, 0) is 4.75 Å². The number of hydrogen-bond acceptors (Lipinski definition) is 5. The van der Waals surface area contributed by atoms with Crippen LogP contribution in [0.5, 0.6) is 0 Å². The fraction of sp³-hybridized carbons (Fsp3) is 0.429. The number of rotatable bonds is 3. The zero-order valence-electron chi connectivity index (χ0n) is 10.9. The number of nitrogens with zero attached hydrogens (tertiary/aromatic N) is 2. The van der Waals surface area contributed by atoms with E-state index >= 15 is 0 Å². The van der Waals surface area contributed by atoms with Crippen molar-refractivity contribution in [1.29, 1.82) is 0 Å². The molecule has 2 aromatic rings. The third-order valence-corrected chi connectivity index (χ3v) is 6.46. The Labute approximate surface area is 121 Å².